The molecule has 1 aliphatic rings. The number of piperidine rings is 1. The van der Waals surface area contributed by atoms with Crippen LogP contribution in [0.5, 0.6) is 0 Å². The molecule has 1 aliphatic heterocycles. The normalized spacial score (nSPS) is 19.8. The summed E-state index contributed by atoms with van der Waals surface area (Å²) in [7, 11) is -1.40. The minimum absolute atomic E-state index is 0.152. The van der Waals surface area contributed by atoms with Gasteiger partial charge in [0.25, 0.3) is 0 Å². The molecule has 0 radical (unpaired) electrons. The molecule has 0 bridgehead atoms. The van der Waals surface area contributed by atoms with Gasteiger partial charge in [-0.1, -0.05) is 24.3 Å². The second kappa shape index (κ2) is 5.84. The van der Waals surface area contributed by atoms with Gasteiger partial charge in [0.1, 0.15) is 0 Å². The Hall–Kier alpha value is -0.875. The third kappa shape index (κ3) is 3.11. The highest BCUT2D eigenvalue weighted by Gasteiger charge is 2.22. The van der Waals surface area contributed by atoms with Crippen molar-refractivity contribution in [3.63, 3.8) is 0 Å². The molecule has 98 valence electrons. The molecule has 1 atom stereocenters. The molecule has 4 nitrogen and oxygen atoms in total. The molecule has 2 rings (SSSR count). The number of hydrogen-bond donors (Lipinski definition) is 3. The van der Waals surface area contributed by atoms with Crippen molar-refractivity contribution < 1.29 is 15.2 Å². The predicted octanol–water partition coefficient (Wildman–Crippen LogP) is -0.116. The third-order valence-electron chi connectivity index (χ3n) is 3.76. The molecule has 1 aromatic rings. The van der Waals surface area contributed by atoms with Crippen molar-refractivity contribution in [1.29, 1.82) is 0 Å². The Morgan fingerprint density at radius 1 is 1.17 bits per heavy atom. The third-order valence-corrected chi connectivity index (χ3v) is 3.76. The van der Waals surface area contributed by atoms with Crippen LogP contribution in [0.4, 0.5) is 0 Å². The zero-order valence-corrected chi connectivity index (χ0v) is 10.7. The molecule has 5 heteroatoms. The quantitative estimate of drug-likeness (QED) is 0.654. The second-order valence-corrected chi connectivity index (χ2v) is 4.98. The van der Waals surface area contributed by atoms with E-state index in [0.29, 0.717) is 11.5 Å². The maximum absolute atomic E-state index is 9.49. The van der Waals surface area contributed by atoms with Gasteiger partial charge in [0.2, 0.25) is 0 Å². The first-order valence-electron chi connectivity index (χ1n) is 6.46. The molecule has 0 saturated carbocycles. The number of aliphatic hydroxyl groups is 1. The predicted molar refractivity (Wildman–Crippen MR) is 71.5 cm³/mol. The smallest absolute Gasteiger partial charge is 0.423 e. The van der Waals surface area contributed by atoms with Gasteiger partial charge >= 0.3 is 7.12 Å². The van der Waals surface area contributed by atoms with Crippen molar-refractivity contribution in [2.45, 2.75) is 31.9 Å². The molecule has 0 aliphatic carbocycles. The topological polar surface area (TPSA) is 63.9 Å². The van der Waals surface area contributed by atoms with E-state index in [2.05, 4.69) is 11.8 Å². The van der Waals surface area contributed by atoms with E-state index in [0.717, 1.165) is 31.5 Å². The molecule has 1 aromatic carbocycles. The van der Waals surface area contributed by atoms with Crippen LogP contribution in [0.2, 0.25) is 0 Å². The minimum atomic E-state index is -1.40. The van der Waals surface area contributed by atoms with Crippen LogP contribution < -0.4 is 5.46 Å². The van der Waals surface area contributed by atoms with E-state index >= 15 is 0 Å². The lowest BCUT2D eigenvalue weighted by atomic mass is 9.80. The lowest BCUT2D eigenvalue weighted by Crippen LogP contribution is -2.37. The molecule has 1 saturated heterocycles. The average molecular weight is 249 g/mol. The van der Waals surface area contributed by atoms with Crippen molar-refractivity contribution >= 4 is 12.6 Å². The fourth-order valence-electron chi connectivity index (χ4n) is 2.43. The first kappa shape index (κ1) is 13.6. The molecule has 1 unspecified atom stereocenters. The molecular weight excluding hydrogens is 229 g/mol. The molecule has 3 N–H and O–H groups in total. The Kier molecular flexibility index (Phi) is 4.40. The van der Waals surface area contributed by atoms with E-state index in [-0.39, 0.29) is 6.10 Å². The number of likely N-dealkylation sites (tertiary alicyclic amines) is 1. The van der Waals surface area contributed by atoms with Crippen LogP contribution in [0.15, 0.2) is 24.3 Å². The molecule has 18 heavy (non-hydrogen) atoms. The largest absolute Gasteiger partial charge is 0.488 e. The van der Waals surface area contributed by atoms with E-state index < -0.39 is 7.12 Å². The fraction of sp³-hybridized carbons (Fsp3) is 0.538. The van der Waals surface area contributed by atoms with Gasteiger partial charge in [0, 0.05) is 19.1 Å². The first-order valence-corrected chi connectivity index (χ1v) is 6.46. The number of aliphatic hydroxyl groups excluding tert-OH is 1. The van der Waals surface area contributed by atoms with E-state index in [9.17, 15) is 5.11 Å². The summed E-state index contributed by atoms with van der Waals surface area (Å²) in [5.74, 6) is 0. The zero-order chi connectivity index (χ0) is 13.1. The van der Waals surface area contributed by atoms with Crippen LogP contribution in [-0.2, 0) is 0 Å². The van der Waals surface area contributed by atoms with Gasteiger partial charge in [0.05, 0.1) is 6.10 Å². The maximum Gasteiger partial charge on any atom is 0.488 e. The summed E-state index contributed by atoms with van der Waals surface area (Å²) in [6.45, 7) is 3.96. The van der Waals surface area contributed by atoms with Crippen LogP contribution in [0.25, 0.3) is 0 Å². The molecular formula is C13H20BNO3. The van der Waals surface area contributed by atoms with Crippen LogP contribution >= 0.6 is 0 Å². The maximum atomic E-state index is 9.49. The second-order valence-electron chi connectivity index (χ2n) is 4.98. The van der Waals surface area contributed by atoms with Crippen molar-refractivity contribution in [3.05, 3.63) is 29.8 Å². The van der Waals surface area contributed by atoms with Crippen molar-refractivity contribution in [2.75, 3.05) is 13.1 Å². The Morgan fingerprint density at radius 3 is 2.22 bits per heavy atom. The van der Waals surface area contributed by atoms with Gasteiger partial charge in [-0.15, -0.1) is 0 Å². The minimum Gasteiger partial charge on any atom is -0.423 e. The lowest BCUT2D eigenvalue weighted by Gasteiger charge is -2.34. The molecule has 0 aromatic heterocycles. The van der Waals surface area contributed by atoms with Gasteiger partial charge in [-0.3, -0.25) is 4.90 Å². The summed E-state index contributed by atoms with van der Waals surface area (Å²) in [6.07, 6.45) is 1.51. The average Bonchev–Trinajstić information content (AvgIpc) is 2.39. The summed E-state index contributed by atoms with van der Waals surface area (Å²) < 4.78 is 0. The van der Waals surface area contributed by atoms with Crippen LogP contribution in [0, 0.1) is 0 Å². The number of benzene rings is 1. The summed E-state index contributed by atoms with van der Waals surface area (Å²) >= 11 is 0. The highest BCUT2D eigenvalue weighted by Crippen LogP contribution is 2.23. The summed E-state index contributed by atoms with van der Waals surface area (Å²) in [6, 6.07) is 7.65. The summed E-state index contributed by atoms with van der Waals surface area (Å²) in [5, 5.41) is 27.6. The van der Waals surface area contributed by atoms with Gasteiger partial charge in [-0.25, -0.2) is 0 Å². The van der Waals surface area contributed by atoms with Crippen LogP contribution in [0.1, 0.15) is 31.4 Å². The number of rotatable bonds is 3. The molecule has 1 heterocycles. The van der Waals surface area contributed by atoms with E-state index in [1.54, 1.807) is 12.1 Å². The summed E-state index contributed by atoms with van der Waals surface area (Å²) in [5.41, 5.74) is 1.68. The first-order chi connectivity index (χ1) is 8.58. The van der Waals surface area contributed by atoms with E-state index in [1.807, 2.05) is 12.1 Å². The zero-order valence-electron chi connectivity index (χ0n) is 10.7. The van der Waals surface area contributed by atoms with Gasteiger partial charge in [0.15, 0.2) is 0 Å². The number of nitrogens with zero attached hydrogens (tertiary/aromatic N) is 1. The monoisotopic (exact) mass is 249 g/mol. The Morgan fingerprint density at radius 2 is 1.72 bits per heavy atom. The standard InChI is InChI=1S/C13H20BNO3/c1-10(15-8-6-13(16)7-9-15)11-2-4-12(5-3-11)14(17)18/h2-5,10,13,16-18H,6-9H2,1H3. The highest BCUT2D eigenvalue weighted by molar-refractivity contribution is 6.58. The van der Waals surface area contributed by atoms with E-state index in [1.165, 1.54) is 0 Å². The Labute approximate surface area is 108 Å². The molecule has 1 fully saturated rings. The molecule has 0 amide bonds. The SMILES string of the molecule is CC(c1ccc(B(O)O)cc1)N1CCC(O)CC1. The van der Waals surface area contributed by atoms with Crippen molar-refractivity contribution in [3.8, 4) is 0 Å². The Bertz CT molecular complexity index is 374. The van der Waals surface area contributed by atoms with Crippen molar-refractivity contribution in [2.24, 2.45) is 0 Å². The van der Waals surface area contributed by atoms with Gasteiger partial charge < -0.3 is 15.2 Å². The number of hydrogen-bond acceptors (Lipinski definition) is 4. The lowest BCUT2D eigenvalue weighted by molar-refractivity contribution is 0.0645. The van der Waals surface area contributed by atoms with Gasteiger partial charge in [-0.05, 0) is 30.8 Å². The van der Waals surface area contributed by atoms with E-state index in [4.69, 9.17) is 10.0 Å². The van der Waals surface area contributed by atoms with Crippen LogP contribution in [-0.4, -0.2) is 46.4 Å². The fourth-order valence-corrected chi connectivity index (χ4v) is 2.43. The van der Waals surface area contributed by atoms with Crippen molar-refractivity contribution in [1.82, 2.24) is 4.90 Å². The Balaban J connectivity index is 2.02. The molecule has 0 spiro atoms. The van der Waals surface area contributed by atoms with Gasteiger partial charge in [-0.2, -0.15) is 0 Å². The summed E-state index contributed by atoms with van der Waals surface area (Å²) in [4.78, 5) is 2.34. The highest BCUT2D eigenvalue weighted by atomic mass is 16.4. The van der Waals surface area contributed by atoms with Crippen LogP contribution in [0.3, 0.4) is 0 Å².